The molecule has 110 valence electrons. The maximum atomic E-state index is 11.9. The number of carbonyl (C=O) groups excluding carboxylic acids is 2. The van der Waals surface area contributed by atoms with Crippen LogP contribution in [0.1, 0.15) is 23.7 Å². The fraction of sp³-hybridized carbons (Fsp3) is 0.538. The molecule has 1 aromatic rings. The third-order valence-corrected chi connectivity index (χ3v) is 3.99. The van der Waals surface area contributed by atoms with Gasteiger partial charge in [-0.05, 0) is 18.4 Å². The number of nitrogens with two attached hydrogens (primary N) is 1. The van der Waals surface area contributed by atoms with Gasteiger partial charge in [0.1, 0.15) is 5.00 Å². The summed E-state index contributed by atoms with van der Waals surface area (Å²) < 4.78 is 5.45. The molecular weight excluding hydrogens is 278 g/mol. The van der Waals surface area contributed by atoms with Gasteiger partial charge in [-0.2, -0.15) is 0 Å². The average Bonchev–Trinajstić information content (AvgIpc) is 2.85. The number of hydrogen-bond acceptors (Lipinski definition) is 5. The van der Waals surface area contributed by atoms with Crippen molar-refractivity contribution in [1.29, 1.82) is 0 Å². The van der Waals surface area contributed by atoms with Crippen molar-refractivity contribution < 1.29 is 14.3 Å². The molecule has 0 aromatic carbocycles. The van der Waals surface area contributed by atoms with Crippen molar-refractivity contribution >= 4 is 28.2 Å². The van der Waals surface area contributed by atoms with Crippen LogP contribution in [0.4, 0.5) is 5.00 Å². The van der Waals surface area contributed by atoms with Gasteiger partial charge in [-0.1, -0.05) is 0 Å². The number of primary amides is 1. The van der Waals surface area contributed by atoms with E-state index in [0.717, 1.165) is 13.1 Å². The van der Waals surface area contributed by atoms with E-state index in [9.17, 15) is 9.59 Å². The number of nitrogens with zero attached hydrogens (tertiary/aromatic N) is 1. The normalized spacial score (nSPS) is 19.8. The topological polar surface area (TPSA) is 84.7 Å². The summed E-state index contributed by atoms with van der Waals surface area (Å²) in [6, 6.07) is 1.62. The second-order valence-electron chi connectivity index (χ2n) is 4.81. The fourth-order valence-corrected chi connectivity index (χ4v) is 2.95. The molecule has 1 saturated heterocycles. The first-order valence-electron chi connectivity index (χ1n) is 6.57. The smallest absolute Gasteiger partial charge is 0.251 e. The Balaban J connectivity index is 1.80. The molecule has 7 heteroatoms. The van der Waals surface area contributed by atoms with Gasteiger partial charge in [-0.3, -0.25) is 14.5 Å². The van der Waals surface area contributed by atoms with E-state index in [1.165, 1.54) is 11.3 Å². The highest BCUT2D eigenvalue weighted by Crippen LogP contribution is 2.22. The summed E-state index contributed by atoms with van der Waals surface area (Å²) in [6.45, 7) is 5.12. The van der Waals surface area contributed by atoms with Crippen molar-refractivity contribution in [2.75, 3.05) is 31.6 Å². The Morgan fingerprint density at radius 2 is 2.40 bits per heavy atom. The van der Waals surface area contributed by atoms with Gasteiger partial charge in [0.2, 0.25) is 5.91 Å². The van der Waals surface area contributed by atoms with E-state index in [4.69, 9.17) is 10.5 Å². The van der Waals surface area contributed by atoms with Crippen LogP contribution in [0.2, 0.25) is 0 Å². The van der Waals surface area contributed by atoms with E-state index in [2.05, 4.69) is 10.2 Å². The van der Waals surface area contributed by atoms with E-state index >= 15 is 0 Å². The summed E-state index contributed by atoms with van der Waals surface area (Å²) in [4.78, 5) is 25.3. The van der Waals surface area contributed by atoms with Crippen LogP contribution in [0, 0.1) is 0 Å². The summed E-state index contributed by atoms with van der Waals surface area (Å²) >= 11 is 1.30. The molecular formula is C13H19N3O3S. The lowest BCUT2D eigenvalue weighted by Crippen LogP contribution is -2.42. The van der Waals surface area contributed by atoms with Crippen molar-refractivity contribution in [1.82, 2.24) is 4.90 Å². The number of ether oxygens (including phenoxy) is 1. The zero-order valence-electron chi connectivity index (χ0n) is 11.4. The Morgan fingerprint density at radius 3 is 3.10 bits per heavy atom. The minimum absolute atomic E-state index is 0.103. The molecule has 2 rings (SSSR count). The number of morpholine rings is 1. The van der Waals surface area contributed by atoms with Crippen LogP contribution in [0.3, 0.4) is 0 Å². The van der Waals surface area contributed by atoms with Gasteiger partial charge in [0.05, 0.1) is 18.3 Å². The van der Waals surface area contributed by atoms with Crippen LogP contribution in [0.15, 0.2) is 11.4 Å². The fourth-order valence-electron chi connectivity index (χ4n) is 2.14. The van der Waals surface area contributed by atoms with Crippen LogP contribution in [0.5, 0.6) is 0 Å². The maximum absolute atomic E-state index is 11.9. The summed E-state index contributed by atoms with van der Waals surface area (Å²) in [7, 11) is 0. The molecule has 1 aliphatic rings. The highest BCUT2D eigenvalue weighted by molar-refractivity contribution is 7.14. The lowest BCUT2D eigenvalue weighted by Gasteiger charge is -2.30. The SMILES string of the molecule is C[C@H]1CN(CCC(=O)Nc2sccc2C(N)=O)CCO1. The van der Waals surface area contributed by atoms with Crippen molar-refractivity contribution in [3.8, 4) is 0 Å². The third kappa shape index (κ3) is 4.03. The van der Waals surface area contributed by atoms with Crippen molar-refractivity contribution in [2.24, 2.45) is 5.73 Å². The van der Waals surface area contributed by atoms with Gasteiger partial charge in [0.15, 0.2) is 0 Å². The molecule has 2 heterocycles. The molecule has 3 N–H and O–H groups in total. The molecule has 1 atom stereocenters. The van der Waals surface area contributed by atoms with Crippen molar-refractivity contribution in [3.63, 3.8) is 0 Å². The van der Waals surface area contributed by atoms with E-state index in [0.29, 0.717) is 30.1 Å². The van der Waals surface area contributed by atoms with E-state index in [1.54, 1.807) is 11.4 Å². The number of hydrogen-bond donors (Lipinski definition) is 2. The van der Waals surface area contributed by atoms with Gasteiger partial charge >= 0.3 is 0 Å². The quantitative estimate of drug-likeness (QED) is 0.845. The Kier molecular flexibility index (Phi) is 5.11. The molecule has 0 aliphatic carbocycles. The maximum Gasteiger partial charge on any atom is 0.251 e. The number of anilines is 1. The highest BCUT2D eigenvalue weighted by atomic mass is 32.1. The summed E-state index contributed by atoms with van der Waals surface area (Å²) in [5.74, 6) is -0.627. The number of thiophene rings is 1. The molecule has 2 amide bonds. The number of nitrogens with one attached hydrogen (secondary N) is 1. The van der Waals surface area contributed by atoms with Crippen molar-refractivity contribution in [3.05, 3.63) is 17.0 Å². The Hall–Kier alpha value is -1.44. The minimum atomic E-state index is -0.524. The van der Waals surface area contributed by atoms with Crippen molar-refractivity contribution in [2.45, 2.75) is 19.4 Å². The summed E-state index contributed by atoms with van der Waals surface area (Å²) in [5.41, 5.74) is 5.60. The second kappa shape index (κ2) is 6.83. The first kappa shape index (κ1) is 15.0. The minimum Gasteiger partial charge on any atom is -0.376 e. The summed E-state index contributed by atoms with van der Waals surface area (Å²) in [5, 5.41) is 5.00. The van der Waals surface area contributed by atoms with Crippen LogP contribution < -0.4 is 11.1 Å². The lowest BCUT2D eigenvalue weighted by atomic mass is 10.2. The molecule has 0 spiro atoms. The van der Waals surface area contributed by atoms with Crippen LogP contribution >= 0.6 is 11.3 Å². The first-order chi connectivity index (χ1) is 9.56. The number of rotatable bonds is 5. The molecule has 6 nitrogen and oxygen atoms in total. The Morgan fingerprint density at radius 1 is 1.60 bits per heavy atom. The third-order valence-electron chi connectivity index (χ3n) is 3.16. The Bertz CT molecular complexity index is 489. The molecule has 0 unspecified atom stereocenters. The first-order valence-corrected chi connectivity index (χ1v) is 7.45. The molecule has 0 bridgehead atoms. The molecule has 1 aromatic heterocycles. The predicted octanol–water partition coefficient (Wildman–Crippen LogP) is 0.896. The van der Waals surface area contributed by atoms with Crippen LogP contribution in [-0.2, 0) is 9.53 Å². The van der Waals surface area contributed by atoms with Gasteiger partial charge < -0.3 is 15.8 Å². The van der Waals surface area contributed by atoms with Gasteiger partial charge in [0, 0.05) is 26.1 Å². The van der Waals surface area contributed by atoms with Gasteiger partial charge in [-0.15, -0.1) is 11.3 Å². The standard InChI is InChI=1S/C13H19N3O3S/c1-9-8-16(5-6-19-9)4-2-11(17)15-13-10(12(14)18)3-7-20-13/h3,7,9H,2,4-6,8H2,1H3,(H2,14,18)(H,15,17)/t9-/m0/s1. The molecule has 20 heavy (non-hydrogen) atoms. The Labute approximate surface area is 121 Å². The van der Waals surface area contributed by atoms with E-state index < -0.39 is 5.91 Å². The average molecular weight is 297 g/mol. The summed E-state index contributed by atoms with van der Waals surface area (Å²) in [6.07, 6.45) is 0.605. The zero-order chi connectivity index (χ0) is 14.5. The monoisotopic (exact) mass is 297 g/mol. The number of amides is 2. The van der Waals surface area contributed by atoms with Gasteiger partial charge in [-0.25, -0.2) is 0 Å². The lowest BCUT2D eigenvalue weighted by molar-refractivity contribution is -0.117. The van der Waals surface area contributed by atoms with E-state index in [1.807, 2.05) is 6.92 Å². The molecule has 1 fully saturated rings. The predicted molar refractivity (Wildman–Crippen MR) is 77.9 cm³/mol. The number of carbonyl (C=O) groups is 2. The zero-order valence-corrected chi connectivity index (χ0v) is 12.2. The van der Waals surface area contributed by atoms with E-state index in [-0.39, 0.29) is 12.0 Å². The molecule has 1 aliphatic heterocycles. The van der Waals surface area contributed by atoms with Crippen LogP contribution in [0.25, 0.3) is 0 Å². The van der Waals surface area contributed by atoms with Gasteiger partial charge in [0.25, 0.3) is 5.91 Å². The second-order valence-corrected chi connectivity index (χ2v) is 5.72. The molecule has 0 saturated carbocycles. The molecule has 0 radical (unpaired) electrons. The largest absolute Gasteiger partial charge is 0.376 e. The highest BCUT2D eigenvalue weighted by Gasteiger charge is 2.18. The van der Waals surface area contributed by atoms with Crippen LogP contribution in [-0.4, -0.2) is 49.1 Å².